The van der Waals surface area contributed by atoms with Crippen LogP contribution in [0.4, 0.5) is 4.39 Å². The first-order valence-corrected chi connectivity index (χ1v) is 11.4. The highest BCUT2D eigenvalue weighted by molar-refractivity contribution is 6.11. The maximum absolute atomic E-state index is 13.0. The van der Waals surface area contributed by atoms with Crippen molar-refractivity contribution >= 4 is 21.8 Å². The zero-order valence-corrected chi connectivity index (χ0v) is 18.5. The maximum Gasteiger partial charge on any atom is 0.129 e. The summed E-state index contributed by atoms with van der Waals surface area (Å²) in [5.74, 6) is 0.718. The number of nitrogens with zero attached hydrogens (tertiary/aromatic N) is 1. The molecule has 0 saturated carbocycles. The first-order valence-electron chi connectivity index (χ1n) is 11.4. The summed E-state index contributed by atoms with van der Waals surface area (Å²) in [6, 6.07) is 32.1. The molecule has 166 valence electrons. The Morgan fingerprint density at radius 1 is 0.697 bits per heavy atom. The summed E-state index contributed by atoms with van der Waals surface area (Å²) >= 11 is 0. The van der Waals surface area contributed by atoms with E-state index >= 15 is 0 Å². The molecule has 0 unspecified atom stereocenters. The fourth-order valence-electron chi connectivity index (χ4n) is 4.36. The molecule has 4 heteroatoms. The largest absolute Gasteiger partial charge is 0.492 e. The van der Waals surface area contributed by atoms with Gasteiger partial charge in [-0.05, 0) is 54.4 Å². The number of nitrogens with one attached hydrogen (secondary N) is 1. The minimum Gasteiger partial charge on any atom is -0.492 e. The molecule has 0 bridgehead atoms. The number of ether oxygens (including phenoxy) is 1. The Bertz CT molecular complexity index is 1340. The van der Waals surface area contributed by atoms with E-state index in [9.17, 15) is 4.39 Å². The lowest BCUT2D eigenvalue weighted by molar-refractivity contribution is 0.318. The highest BCUT2D eigenvalue weighted by Crippen LogP contribution is 2.36. The Hall–Kier alpha value is -3.63. The van der Waals surface area contributed by atoms with Crippen molar-refractivity contribution in [3.63, 3.8) is 0 Å². The highest BCUT2D eigenvalue weighted by Gasteiger charge is 2.14. The normalized spacial score (nSPS) is 11.3. The van der Waals surface area contributed by atoms with E-state index in [0.29, 0.717) is 6.61 Å². The van der Waals surface area contributed by atoms with Crippen molar-refractivity contribution < 1.29 is 9.13 Å². The van der Waals surface area contributed by atoms with Gasteiger partial charge in [-0.1, -0.05) is 66.7 Å². The topological polar surface area (TPSA) is 26.2 Å². The van der Waals surface area contributed by atoms with E-state index in [0.717, 1.165) is 42.8 Å². The Kier molecular flexibility index (Phi) is 6.36. The number of hydrogen-bond donors (Lipinski definition) is 1. The summed E-state index contributed by atoms with van der Waals surface area (Å²) in [6.07, 6.45) is 0.864. The van der Waals surface area contributed by atoms with Gasteiger partial charge in [0, 0.05) is 29.4 Å². The predicted octanol–water partition coefficient (Wildman–Crippen LogP) is 6.19. The van der Waals surface area contributed by atoms with Crippen molar-refractivity contribution in [1.82, 2.24) is 9.88 Å². The van der Waals surface area contributed by atoms with Gasteiger partial charge in [0.25, 0.3) is 0 Å². The second kappa shape index (κ2) is 9.88. The van der Waals surface area contributed by atoms with Gasteiger partial charge in [0.2, 0.25) is 0 Å². The quantitative estimate of drug-likeness (QED) is 0.278. The molecule has 0 fully saturated rings. The second-order valence-electron chi connectivity index (χ2n) is 8.21. The first kappa shape index (κ1) is 21.2. The molecule has 1 N–H and O–H groups in total. The van der Waals surface area contributed by atoms with Crippen LogP contribution in [0.25, 0.3) is 21.8 Å². The van der Waals surface area contributed by atoms with Gasteiger partial charge < -0.3 is 14.6 Å². The molecule has 3 nitrogen and oxygen atoms in total. The van der Waals surface area contributed by atoms with Crippen LogP contribution in [0.2, 0.25) is 0 Å². The number of para-hydroxylation sites is 1. The monoisotopic (exact) mass is 438 g/mol. The third kappa shape index (κ3) is 4.76. The molecule has 5 rings (SSSR count). The van der Waals surface area contributed by atoms with Crippen LogP contribution >= 0.6 is 0 Å². The van der Waals surface area contributed by atoms with Gasteiger partial charge in [0.05, 0.1) is 5.52 Å². The van der Waals surface area contributed by atoms with Crippen molar-refractivity contribution in [2.24, 2.45) is 0 Å². The van der Waals surface area contributed by atoms with Crippen molar-refractivity contribution in [1.29, 1.82) is 0 Å². The van der Waals surface area contributed by atoms with Gasteiger partial charge in [-0.25, -0.2) is 4.39 Å². The van der Waals surface area contributed by atoms with E-state index in [2.05, 4.69) is 82.7 Å². The summed E-state index contributed by atoms with van der Waals surface area (Å²) in [4.78, 5) is 0. The number of halogens is 1. The standard InChI is InChI=1S/C29H27FN2O/c30-24-15-13-22(14-16-24)17-18-31-19-20-33-28-12-6-11-27-29(28)25-9-4-5-10-26(25)32(27)21-23-7-2-1-3-8-23/h1-16,31H,17-21H2. The van der Waals surface area contributed by atoms with Gasteiger partial charge in [-0.2, -0.15) is 0 Å². The fourth-order valence-corrected chi connectivity index (χ4v) is 4.36. The zero-order valence-electron chi connectivity index (χ0n) is 18.5. The van der Waals surface area contributed by atoms with Crippen LogP contribution in [0.3, 0.4) is 0 Å². The van der Waals surface area contributed by atoms with Crippen LogP contribution < -0.4 is 10.1 Å². The molecule has 0 amide bonds. The molecular weight excluding hydrogens is 411 g/mol. The van der Waals surface area contributed by atoms with Crippen molar-refractivity contribution in [3.8, 4) is 5.75 Å². The van der Waals surface area contributed by atoms with Crippen molar-refractivity contribution in [2.45, 2.75) is 13.0 Å². The Balaban J connectivity index is 1.30. The number of fused-ring (bicyclic) bond motifs is 3. The van der Waals surface area contributed by atoms with E-state index in [1.165, 1.54) is 34.1 Å². The summed E-state index contributed by atoms with van der Waals surface area (Å²) in [6.45, 7) is 2.98. The number of rotatable bonds is 9. The van der Waals surface area contributed by atoms with Gasteiger partial charge in [-0.3, -0.25) is 0 Å². The average Bonchev–Trinajstić information content (AvgIpc) is 3.17. The van der Waals surface area contributed by atoms with Gasteiger partial charge in [0.1, 0.15) is 18.2 Å². The Labute approximate surface area is 193 Å². The van der Waals surface area contributed by atoms with Gasteiger partial charge in [0.15, 0.2) is 0 Å². The lowest BCUT2D eigenvalue weighted by atomic mass is 10.1. The third-order valence-corrected chi connectivity index (χ3v) is 5.98. The molecule has 0 aliphatic heterocycles. The van der Waals surface area contributed by atoms with E-state index in [-0.39, 0.29) is 5.82 Å². The Morgan fingerprint density at radius 3 is 2.30 bits per heavy atom. The molecule has 0 aliphatic rings. The number of hydrogen-bond acceptors (Lipinski definition) is 2. The van der Waals surface area contributed by atoms with E-state index < -0.39 is 0 Å². The van der Waals surface area contributed by atoms with Crippen LogP contribution in [-0.2, 0) is 13.0 Å². The molecule has 33 heavy (non-hydrogen) atoms. The highest BCUT2D eigenvalue weighted by atomic mass is 19.1. The second-order valence-corrected chi connectivity index (χ2v) is 8.21. The molecule has 1 heterocycles. The van der Waals surface area contributed by atoms with Crippen LogP contribution in [0, 0.1) is 5.82 Å². The van der Waals surface area contributed by atoms with Crippen LogP contribution in [0.15, 0.2) is 97.1 Å². The first-order chi connectivity index (χ1) is 16.3. The number of aromatic nitrogens is 1. The molecule has 0 spiro atoms. The minimum atomic E-state index is -0.195. The summed E-state index contributed by atoms with van der Waals surface area (Å²) < 4.78 is 21.6. The molecular formula is C29H27FN2O. The summed E-state index contributed by atoms with van der Waals surface area (Å²) in [5.41, 5.74) is 4.80. The van der Waals surface area contributed by atoms with Crippen molar-refractivity contribution in [3.05, 3.63) is 114 Å². The fraction of sp³-hybridized carbons (Fsp3) is 0.172. The van der Waals surface area contributed by atoms with E-state index in [4.69, 9.17) is 4.74 Å². The molecule has 4 aromatic carbocycles. The molecule has 1 aromatic heterocycles. The maximum atomic E-state index is 13.0. The summed E-state index contributed by atoms with van der Waals surface area (Å²) in [5, 5.41) is 5.79. The zero-order chi connectivity index (χ0) is 22.5. The molecule has 0 aliphatic carbocycles. The number of benzene rings is 4. The molecule has 0 saturated heterocycles. The summed E-state index contributed by atoms with van der Waals surface area (Å²) in [7, 11) is 0. The molecule has 0 atom stereocenters. The smallest absolute Gasteiger partial charge is 0.129 e. The van der Waals surface area contributed by atoms with E-state index in [1.54, 1.807) is 0 Å². The van der Waals surface area contributed by atoms with Gasteiger partial charge >= 0.3 is 0 Å². The predicted molar refractivity (Wildman–Crippen MR) is 133 cm³/mol. The Morgan fingerprint density at radius 2 is 1.45 bits per heavy atom. The molecule has 0 radical (unpaired) electrons. The van der Waals surface area contributed by atoms with Crippen molar-refractivity contribution in [2.75, 3.05) is 19.7 Å². The lowest BCUT2D eigenvalue weighted by Gasteiger charge is -2.10. The van der Waals surface area contributed by atoms with Crippen LogP contribution in [-0.4, -0.2) is 24.3 Å². The van der Waals surface area contributed by atoms with E-state index in [1.807, 2.05) is 12.1 Å². The van der Waals surface area contributed by atoms with Gasteiger partial charge in [-0.15, -0.1) is 0 Å². The molecule has 5 aromatic rings. The van der Waals surface area contributed by atoms with Crippen LogP contribution in [0.1, 0.15) is 11.1 Å². The average molecular weight is 439 g/mol. The third-order valence-electron chi connectivity index (χ3n) is 5.98. The van der Waals surface area contributed by atoms with Crippen LogP contribution in [0.5, 0.6) is 5.75 Å². The SMILES string of the molecule is Fc1ccc(CCNCCOc2cccc3c2c2ccccc2n3Cc2ccccc2)cc1. The lowest BCUT2D eigenvalue weighted by Crippen LogP contribution is -2.23. The minimum absolute atomic E-state index is 0.195.